The summed E-state index contributed by atoms with van der Waals surface area (Å²) in [7, 11) is -2.36. The van der Waals surface area contributed by atoms with Crippen molar-refractivity contribution in [3.8, 4) is 0 Å². The molecule has 0 fully saturated rings. The van der Waals surface area contributed by atoms with Gasteiger partial charge in [-0.3, -0.25) is 4.18 Å². The third-order valence-electron chi connectivity index (χ3n) is 1.31. The van der Waals surface area contributed by atoms with Gasteiger partial charge in [-0.25, -0.2) is 0 Å². The van der Waals surface area contributed by atoms with Gasteiger partial charge in [-0.1, -0.05) is 30.3 Å². The van der Waals surface area contributed by atoms with Crippen molar-refractivity contribution < 1.29 is 12.6 Å². The summed E-state index contributed by atoms with van der Waals surface area (Å²) in [6, 6.07) is 8.72. The third kappa shape index (κ3) is 2.64. The van der Waals surface area contributed by atoms with E-state index in [-0.39, 0.29) is 0 Å². The highest BCUT2D eigenvalue weighted by atomic mass is 32.2. The maximum Gasteiger partial charge on any atom is 0.275 e. The molecule has 0 heterocycles. The first-order chi connectivity index (χ1) is 5.64. The molecule has 1 rings (SSSR count). The highest BCUT2D eigenvalue weighted by Crippen LogP contribution is 2.08. The standard InChI is InChI=1S/C8H9O3S/c1-11-12(9,10)7-8-5-3-2-4-6-8/h2-7H,1H3. The summed E-state index contributed by atoms with van der Waals surface area (Å²) in [5.41, 5.74) is 0.611. The van der Waals surface area contributed by atoms with Crippen molar-refractivity contribution in [1.29, 1.82) is 0 Å². The van der Waals surface area contributed by atoms with Gasteiger partial charge in [-0.2, -0.15) is 8.42 Å². The first-order valence-corrected chi connectivity index (χ1v) is 4.81. The summed E-state index contributed by atoms with van der Waals surface area (Å²) < 4.78 is 26.0. The molecule has 0 aliphatic carbocycles. The summed E-state index contributed by atoms with van der Waals surface area (Å²) in [6.45, 7) is 0. The van der Waals surface area contributed by atoms with E-state index in [1.807, 2.05) is 6.07 Å². The topological polar surface area (TPSA) is 43.4 Å². The zero-order valence-electron chi connectivity index (χ0n) is 6.60. The summed E-state index contributed by atoms with van der Waals surface area (Å²) in [5, 5.41) is 0. The maximum absolute atomic E-state index is 10.9. The van der Waals surface area contributed by atoms with Crippen LogP contribution in [0.5, 0.6) is 0 Å². The lowest BCUT2D eigenvalue weighted by molar-refractivity contribution is 0.404. The van der Waals surface area contributed by atoms with E-state index in [1.54, 1.807) is 24.3 Å². The maximum atomic E-state index is 10.9. The lowest BCUT2D eigenvalue weighted by Gasteiger charge is -1.99. The SMILES string of the molecule is COS(=O)(=O)[CH]c1ccccc1. The normalized spacial score (nSPS) is 11.4. The van der Waals surface area contributed by atoms with Crippen LogP contribution in [-0.4, -0.2) is 15.5 Å². The molecule has 0 N–H and O–H groups in total. The molecule has 1 aromatic carbocycles. The summed E-state index contributed by atoms with van der Waals surface area (Å²) in [6.07, 6.45) is 0. The lowest BCUT2D eigenvalue weighted by Crippen LogP contribution is -2.02. The molecular formula is C8H9O3S. The summed E-state index contributed by atoms with van der Waals surface area (Å²) >= 11 is 0. The zero-order valence-corrected chi connectivity index (χ0v) is 7.41. The van der Waals surface area contributed by atoms with Crippen molar-refractivity contribution in [3.63, 3.8) is 0 Å². The fourth-order valence-corrected chi connectivity index (χ4v) is 1.33. The van der Waals surface area contributed by atoms with Crippen LogP contribution in [0.2, 0.25) is 0 Å². The van der Waals surface area contributed by atoms with Crippen LogP contribution in [0.25, 0.3) is 0 Å². The Labute approximate surface area is 72.1 Å². The molecule has 0 spiro atoms. The first kappa shape index (κ1) is 9.22. The molecule has 0 bridgehead atoms. The second-order valence-electron chi connectivity index (χ2n) is 2.19. The number of benzene rings is 1. The molecule has 65 valence electrons. The van der Waals surface area contributed by atoms with Gasteiger partial charge in [0.05, 0.1) is 7.11 Å². The van der Waals surface area contributed by atoms with Gasteiger partial charge in [0.1, 0.15) is 5.75 Å². The van der Waals surface area contributed by atoms with Gasteiger partial charge in [0.15, 0.2) is 0 Å². The fourth-order valence-electron chi connectivity index (χ4n) is 0.746. The quantitative estimate of drug-likeness (QED) is 0.664. The van der Waals surface area contributed by atoms with E-state index in [1.165, 1.54) is 0 Å². The molecule has 0 aromatic heterocycles. The third-order valence-corrected chi connectivity index (χ3v) is 2.34. The Balaban J connectivity index is 2.78. The molecule has 12 heavy (non-hydrogen) atoms. The van der Waals surface area contributed by atoms with Crippen molar-refractivity contribution in [2.24, 2.45) is 0 Å². The lowest BCUT2D eigenvalue weighted by atomic mass is 10.2. The smallest absolute Gasteiger partial charge is 0.273 e. The largest absolute Gasteiger partial charge is 0.275 e. The van der Waals surface area contributed by atoms with Crippen LogP contribution in [0.15, 0.2) is 30.3 Å². The molecule has 0 saturated heterocycles. The van der Waals surface area contributed by atoms with E-state index in [0.717, 1.165) is 12.9 Å². The molecule has 4 heteroatoms. The van der Waals surface area contributed by atoms with Crippen LogP contribution in [0, 0.1) is 5.75 Å². The Bertz CT molecular complexity index is 329. The van der Waals surface area contributed by atoms with Crippen LogP contribution in [-0.2, 0) is 14.3 Å². The Kier molecular flexibility index (Phi) is 2.83. The van der Waals surface area contributed by atoms with Gasteiger partial charge < -0.3 is 0 Å². The van der Waals surface area contributed by atoms with Crippen molar-refractivity contribution in [3.05, 3.63) is 41.6 Å². The average molecular weight is 185 g/mol. The molecule has 0 unspecified atom stereocenters. The van der Waals surface area contributed by atoms with E-state index in [0.29, 0.717) is 5.56 Å². The van der Waals surface area contributed by atoms with Crippen LogP contribution in [0.4, 0.5) is 0 Å². The summed E-state index contributed by atoms with van der Waals surface area (Å²) in [4.78, 5) is 0. The fraction of sp³-hybridized carbons (Fsp3) is 0.125. The Morgan fingerprint density at radius 2 is 1.83 bits per heavy atom. The Morgan fingerprint density at radius 3 is 2.33 bits per heavy atom. The minimum atomic E-state index is -3.50. The minimum Gasteiger partial charge on any atom is -0.273 e. The van der Waals surface area contributed by atoms with Gasteiger partial charge >= 0.3 is 0 Å². The van der Waals surface area contributed by atoms with Crippen molar-refractivity contribution in [2.45, 2.75) is 0 Å². The average Bonchev–Trinajstić information content (AvgIpc) is 2.06. The van der Waals surface area contributed by atoms with E-state index >= 15 is 0 Å². The molecule has 3 nitrogen and oxygen atoms in total. The second kappa shape index (κ2) is 3.69. The van der Waals surface area contributed by atoms with E-state index < -0.39 is 10.1 Å². The number of rotatable bonds is 3. The van der Waals surface area contributed by atoms with Gasteiger partial charge in [-0.15, -0.1) is 0 Å². The molecule has 0 saturated carbocycles. The van der Waals surface area contributed by atoms with E-state index in [4.69, 9.17) is 0 Å². The van der Waals surface area contributed by atoms with E-state index in [2.05, 4.69) is 4.18 Å². The number of hydrogen-bond donors (Lipinski definition) is 0. The number of hydrogen-bond acceptors (Lipinski definition) is 3. The predicted molar refractivity (Wildman–Crippen MR) is 45.8 cm³/mol. The van der Waals surface area contributed by atoms with Crippen LogP contribution in [0.1, 0.15) is 5.56 Å². The van der Waals surface area contributed by atoms with E-state index in [9.17, 15) is 8.42 Å². The van der Waals surface area contributed by atoms with Gasteiger partial charge in [-0.05, 0) is 5.56 Å². The molecule has 0 aliphatic rings. The molecular weight excluding hydrogens is 176 g/mol. The molecule has 0 atom stereocenters. The molecule has 1 aromatic rings. The van der Waals surface area contributed by atoms with Gasteiger partial charge in [0.2, 0.25) is 0 Å². The van der Waals surface area contributed by atoms with Crippen molar-refractivity contribution in [2.75, 3.05) is 7.11 Å². The second-order valence-corrected chi connectivity index (χ2v) is 3.74. The monoisotopic (exact) mass is 185 g/mol. The van der Waals surface area contributed by atoms with Gasteiger partial charge in [0.25, 0.3) is 10.1 Å². The zero-order chi connectivity index (χ0) is 9.03. The predicted octanol–water partition coefficient (Wildman–Crippen LogP) is 1.17. The first-order valence-electron chi connectivity index (χ1n) is 3.34. The summed E-state index contributed by atoms with van der Waals surface area (Å²) in [5.74, 6) is 1.08. The molecule has 0 aliphatic heterocycles. The van der Waals surface area contributed by atoms with Crippen molar-refractivity contribution >= 4 is 10.1 Å². The Morgan fingerprint density at radius 1 is 1.25 bits per heavy atom. The highest BCUT2D eigenvalue weighted by molar-refractivity contribution is 7.89. The molecule has 0 amide bonds. The van der Waals surface area contributed by atoms with Crippen LogP contribution >= 0.6 is 0 Å². The van der Waals surface area contributed by atoms with Crippen molar-refractivity contribution in [1.82, 2.24) is 0 Å². The minimum absolute atomic E-state index is 0.611. The molecule has 1 radical (unpaired) electrons. The highest BCUT2D eigenvalue weighted by Gasteiger charge is 2.09. The van der Waals surface area contributed by atoms with Crippen LogP contribution in [0.3, 0.4) is 0 Å². The van der Waals surface area contributed by atoms with Gasteiger partial charge in [0, 0.05) is 0 Å². The van der Waals surface area contributed by atoms with Crippen LogP contribution < -0.4 is 0 Å². The Hall–Kier alpha value is -0.870.